The average Bonchev–Trinajstić information content (AvgIpc) is 2.39. The molecule has 2 rings (SSSR count). The van der Waals surface area contributed by atoms with E-state index in [0.717, 1.165) is 16.7 Å². The normalized spacial score (nSPS) is 12.1. The lowest BCUT2D eigenvalue weighted by Gasteiger charge is -2.08. The highest BCUT2D eigenvalue weighted by atomic mass is 35.5. The summed E-state index contributed by atoms with van der Waals surface area (Å²) >= 11 is 5.95. The van der Waals surface area contributed by atoms with Gasteiger partial charge in [-0.1, -0.05) is 48.0 Å². The van der Waals surface area contributed by atoms with E-state index >= 15 is 0 Å². The van der Waals surface area contributed by atoms with Crippen LogP contribution >= 0.6 is 11.6 Å². The van der Waals surface area contributed by atoms with Crippen LogP contribution in [-0.2, 0) is 11.2 Å². The van der Waals surface area contributed by atoms with E-state index < -0.39 is 12.0 Å². The van der Waals surface area contributed by atoms with Gasteiger partial charge in [0.25, 0.3) is 0 Å². The Bertz CT molecular complexity index is 581. The molecule has 2 aromatic rings. The molecule has 1 unspecified atom stereocenters. The Labute approximate surface area is 116 Å². The third-order valence-electron chi connectivity index (χ3n) is 2.88. The zero-order valence-corrected chi connectivity index (χ0v) is 11.0. The first kappa shape index (κ1) is 13.6. The van der Waals surface area contributed by atoms with E-state index in [1.54, 1.807) is 0 Å². The van der Waals surface area contributed by atoms with Gasteiger partial charge < -0.3 is 10.8 Å². The minimum Gasteiger partial charge on any atom is -0.480 e. The van der Waals surface area contributed by atoms with Crippen LogP contribution in [0.15, 0.2) is 48.5 Å². The molecule has 3 nitrogen and oxygen atoms in total. The second-order valence-electron chi connectivity index (χ2n) is 4.36. The van der Waals surface area contributed by atoms with Gasteiger partial charge >= 0.3 is 5.97 Å². The maximum Gasteiger partial charge on any atom is 0.320 e. The summed E-state index contributed by atoms with van der Waals surface area (Å²) in [5.41, 5.74) is 8.47. The summed E-state index contributed by atoms with van der Waals surface area (Å²) in [7, 11) is 0. The molecular formula is C15H14ClNO2. The average molecular weight is 276 g/mol. The third kappa shape index (κ3) is 3.56. The Kier molecular flexibility index (Phi) is 4.20. The van der Waals surface area contributed by atoms with Gasteiger partial charge in [-0.15, -0.1) is 0 Å². The fraction of sp³-hybridized carbons (Fsp3) is 0.133. The number of nitrogens with two attached hydrogens (primary N) is 1. The van der Waals surface area contributed by atoms with Crippen molar-refractivity contribution in [2.75, 3.05) is 0 Å². The summed E-state index contributed by atoms with van der Waals surface area (Å²) in [5.74, 6) is -0.987. The molecule has 3 N–H and O–H groups in total. The number of hydrogen-bond acceptors (Lipinski definition) is 2. The lowest BCUT2D eigenvalue weighted by atomic mass is 10.0. The molecule has 4 heteroatoms. The van der Waals surface area contributed by atoms with Gasteiger partial charge in [-0.05, 0) is 35.2 Å². The first-order valence-electron chi connectivity index (χ1n) is 5.89. The Morgan fingerprint density at radius 3 is 2.42 bits per heavy atom. The van der Waals surface area contributed by atoms with E-state index in [4.69, 9.17) is 22.4 Å². The molecule has 98 valence electrons. The number of rotatable bonds is 4. The van der Waals surface area contributed by atoms with Gasteiger partial charge in [-0.25, -0.2) is 0 Å². The fourth-order valence-electron chi connectivity index (χ4n) is 1.84. The van der Waals surface area contributed by atoms with Crippen molar-refractivity contribution < 1.29 is 9.90 Å². The summed E-state index contributed by atoms with van der Waals surface area (Å²) < 4.78 is 0. The molecule has 0 fully saturated rings. The smallest absolute Gasteiger partial charge is 0.320 e. The summed E-state index contributed by atoms with van der Waals surface area (Å²) in [6.07, 6.45) is 0.325. The highest BCUT2D eigenvalue weighted by Crippen LogP contribution is 2.23. The van der Waals surface area contributed by atoms with Crippen LogP contribution in [0.2, 0.25) is 5.02 Å². The van der Waals surface area contributed by atoms with Crippen molar-refractivity contribution in [2.45, 2.75) is 12.5 Å². The molecule has 19 heavy (non-hydrogen) atoms. The van der Waals surface area contributed by atoms with E-state index in [1.165, 1.54) is 0 Å². The molecule has 2 aromatic carbocycles. The molecule has 0 aliphatic heterocycles. The maximum absolute atomic E-state index is 10.7. The lowest BCUT2D eigenvalue weighted by molar-refractivity contribution is -0.138. The summed E-state index contributed by atoms with van der Waals surface area (Å²) in [6, 6.07) is 14.4. The van der Waals surface area contributed by atoms with Gasteiger partial charge in [0.1, 0.15) is 6.04 Å². The molecular weight excluding hydrogens is 262 g/mol. The molecule has 0 saturated carbocycles. The van der Waals surface area contributed by atoms with Crippen LogP contribution < -0.4 is 5.73 Å². The number of carbonyl (C=O) groups is 1. The van der Waals surface area contributed by atoms with Crippen molar-refractivity contribution >= 4 is 17.6 Å². The van der Waals surface area contributed by atoms with Crippen LogP contribution in [0.25, 0.3) is 11.1 Å². The largest absolute Gasteiger partial charge is 0.480 e. The molecule has 0 bridgehead atoms. The number of aliphatic carboxylic acids is 1. The third-order valence-corrected chi connectivity index (χ3v) is 3.12. The summed E-state index contributed by atoms with van der Waals surface area (Å²) in [6.45, 7) is 0. The van der Waals surface area contributed by atoms with Crippen molar-refractivity contribution in [3.8, 4) is 11.1 Å². The second kappa shape index (κ2) is 5.87. The van der Waals surface area contributed by atoms with Gasteiger partial charge in [0.15, 0.2) is 0 Å². The monoisotopic (exact) mass is 275 g/mol. The van der Waals surface area contributed by atoms with Crippen LogP contribution in [0.5, 0.6) is 0 Å². The molecule has 1 atom stereocenters. The van der Waals surface area contributed by atoms with Gasteiger partial charge in [0.2, 0.25) is 0 Å². The molecule has 0 amide bonds. The summed E-state index contributed by atoms with van der Waals surface area (Å²) in [5, 5.41) is 9.46. The van der Waals surface area contributed by atoms with Crippen molar-refractivity contribution in [1.82, 2.24) is 0 Å². The number of halogens is 1. The Morgan fingerprint density at radius 1 is 1.16 bits per heavy atom. The van der Waals surface area contributed by atoms with E-state index in [2.05, 4.69) is 0 Å². The van der Waals surface area contributed by atoms with E-state index in [-0.39, 0.29) is 0 Å². The fourth-order valence-corrected chi connectivity index (χ4v) is 2.03. The Hall–Kier alpha value is -1.84. The van der Waals surface area contributed by atoms with Crippen LogP contribution in [-0.4, -0.2) is 17.1 Å². The molecule has 0 aromatic heterocycles. The molecule has 0 aliphatic carbocycles. The SMILES string of the molecule is NC(Cc1ccc(-c2cccc(Cl)c2)cc1)C(=O)O. The van der Waals surface area contributed by atoms with Crippen LogP contribution in [0.4, 0.5) is 0 Å². The van der Waals surface area contributed by atoms with Crippen molar-refractivity contribution in [2.24, 2.45) is 5.73 Å². The number of hydrogen-bond donors (Lipinski definition) is 2. The molecule has 0 saturated heterocycles. The molecule has 0 aliphatic rings. The number of benzene rings is 2. The minimum atomic E-state index is -0.987. The Balaban J connectivity index is 2.17. The maximum atomic E-state index is 10.7. The van der Waals surface area contributed by atoms with Gasteiger partial charge in [0.05, 0.1) is 0 Å². The van der Waals surface area contributed by atoms with Crippen LogP contribution in [0, 0.1) is 0 Å². The molecule has 0 spiro atoms. The predicted octanol–water partition coefficient (Wildman–Crippen LogP) is 2.96. The zero-order valence-electron chi connectivity index (χ0n) is 10.2. The van der Waals surface area contributed by atoms with Crippen molar-refractivity contribution in [1.29, 1.82) is 0 Å². The van der Waals surface area contributed by atoms with Gasteiger partial charge in [0, 0.05) is 5.02 Å². The van der Waals surface area contributed by atoms with E-state index in [9.17, 15) is 4.79 Å². The van der Waals surface area contributed by atoms with Crippen molar-refractivity contribution in [3.05, 3.63) is 59.1 Å². The zero-order chi connectivity index (χ0) is 13.8. The predicted molar refractivity (Wildman–Crippen MR) is 76.2 cm³/mol. The second-order valence-corrected chi connectivity index (χ2v) is 4.79. The first-order chi connectivity index (χ1) is 9.06. The highest BCUT2D eigenvalue weighted by molar-refractivity contribution is 6.30. The van der Waals surface area contributed by atoms with Gasteiger partial charge in [-0.2, -0.15) is 0 Å². The molecule has 0 radical (unpaired) electrons. The molecule has 0 heterocycles. The van der Waals surface area contributed by atoms with E-state index in [0.29, 0.717) is 11.4 Å². The quantitative estimate of drug-likeness (QED) is 0.902. The number of carboxylic acids is 1. The van der Waals surface area contributed by atoms with Gasteiger partial charge in [-0.3, -0.25) is 4.79 Å². The summed E-state index contributed by atoms with van der Waals surface area (Å²) in [4.78, 5) is 10.7. The Morgan fingerprint density at radius 2 is 1.84 bits per heavy atom. The first-order valence-corrected chi connectivity index (χ1v) is 6.27. The van der Waals surface area contributed by atoms with Crippen LogP contribution in [0.3, 0.4) is 0 Å². The standard InChI is InChI=1S/C15H14ClNO2/c16-13-3-1-2-12(9-13)11-6-4-10(5-7-11)8-14(17)15(18)19/h1-7,9,14H,8,17H2,(H,18,19). The lowest BCUT2D eigenvalue weighted by Crippen LogP contribution is -2.32. The van der Waals surface area contributed by atoms with Crippen LogP contribution in [0.1, 0.15) is 5.56 Å². The van der Waals surface area contributed by atoms with E-state index in [1.807, 2.05) is 48.5 Å². The topological polar surface area (TPSA) is 63.3 Å². The highest BCUT2D eigenvalue weighted by Gasteiger charge is 2.11. The minimum absolute atomic E-state index is 0.325. The van der Waals surface area contributed by atoms with Crippen molar-refractivity contribution in [3.63, 3.8) is 0 Å². The number of carboxylic acid groups (broad SMARTS) is 1.